The van der Waals surface area contributed by atoms with Gasteiger partial charge in [-0.05, 0) is 85.9 Å². The molecular formula is C21H34O. The minimum absolute atomic E-state index is 0.0688. The zero-order chi connectivity index (χ0) is 15.5. The van der Waals surface area contributed by atoms with Crippen LogP contribution in [0, 0.1) is 34.5 Å². The Hall–Kier alpha value is -0.300. The number of aliphatic hydroxyl groups excluding tert-OH is 1. The second-order valence-corrected chi connectivity index (χ2v) is 9.38. The molecule has 0 saturated heterocycles. The van der Waals surface area contributed by atoms with Crippen molar-refractivity contribution in [1.29, 1.82) is 0 Å². The van der Waals surface area contributed by atoms with Crippen LogP contribution in [-0.4, -0.2) is 11.2 Å². The Labute approximate surface area is 136 Å². The average molecular weight is 303 g/mol. The molecule has 0 radical (unpaired) electrons. The Morgan fingerprint density at radius 1 is 1.09 bits per heavy atom. The molecule has 0 aromatic carbocycles. The van der Waals surface area contributed by atoms with Gasteiger partial charge in [0.05, 0.1) is 6.10 Å². The largest absolute Gasteiger partial charge is 0.393 e. The van der Waals surface area contributed by atoms with Crippen LogP contribution in [-0.2, 0) is 0 Å². The summed E-state index contributed by atoms with van der Waals surface area (Å²) in [5, 5.41) is 10.1. The van der Waals surface area contributed by atoms with Crippen molar-refractivity contribution >= 4 is 0 Å². The lowest BCUT2D eigenvalue weighted by molar-refractivity contribution is -0.0500. The monoisotopic (exact) mass is 302 g/mol. The van der Waals surface area contributed by atoms with E-state index in [-0.39, 0.29) is 6.10 Å². The highest BCUT2D eigenvalue weighted by atomic mass is 16.3. The second kappa shape index (κ2) is 5.10. The van der Waals surface area contributed by atoms with Gasteiger partial charge in [-0.25, -0.2) is 0 Å². The van der Waals surface area contributed by atoms with Crippen molar-refractivity contribution in [3.8, 4) is 0 Å². The first kappa shape index (κ1) is 15.2. The van der Waals surface area contributed by atoms with Gasteiger partial charge in [-0.2, -0.15) is 0 Å². The van der Waals surface area contributed by atoms with E-state index in [1.54, 1.807) is 5.57 Å². The first-order chi connectivity index (χ1) is 10.5. The van der Waals surface area contributed by atoms with Gasteiger partial charge in [0.15, 0.2) is 0 Å². The van der Waals surface area contributed by atoms with E-state index < -0.39 is 0 Å². The molecule has 124 valence electrons. The Morgan fingerprint density at radius 3 is 2.68 bits per heavy atom. The molecule has 0 heterocycles. The number of hydrogen-bond donors (Lipinski definition) is 1. The Kier molecular flexibility index (Phi) is 3.53. The van der Waals surface area contributed by atoms with Gasteiger partial charge in [0, 0.05) is 0 Å². The van der Waals surface area contributed by atoms with Gasteiger partial charge in [-0.15, -0.1) is 0 Å². The molecule has 3 fully saturated rings. The zero-order valence-corrected chi connectivity index (χ0v) is 14.8. The topological polar surface area (TPSA) is 20.2 Å². The summed E-state index contributed by atoms with van der Waals surface area (Å²) in [6.07, 6.45) is 14.3. The van der Waals surface area contributed by atoms with Crippen LogP contribution in [0.15, 0.2) is 11.6 Å². The van der Waals surface area contributed by atoms with Crippen molar-refractivity contribution in [2.45, 2.75) is 84.7 Å². The fraction of sp³-hybridized carbons (Fsp3) is 0.905. The Bertz CT molecular complexity index is 480. The average Bonchev–Trinajstić information content (AvgIpc) is 2.84. The van der Waals surface area contributed by atoms with Crippen LogP contribution in [0.3, 0.4) is 0 Å². The molecule has 7 atom stereocenters. The van der Waals surface area contributed by atoms with E-state index in [1.165, 1.54) is 44.9 Å². The van der Waals surface area contributed by atoms with E-state index in [4.69, 9.17) is 0 Å². The molecule has 0 aromatic heterocycles. The zero-order valence-electron chi connectivity index (χ0n) is 14.8. The molecule has 0 bridgehead atoms. The molecule has 1 N–H and O–H groups in total. The van der Waals surface area contributed by atoms with Crippen LogP contribution >= 0.6 is 0 Å². The summed E-state index contributed by atoms with van der Waals surface area (Å²) >= 11 is 0. The molecular weight excluding hydrogens is 268 g/mol. The predicted molar refractivity (Wildman–Crippen MR) is 91.5 cm³/mol. The van der Waals surface area contributed by atoms with Gasteiger partial charge < -0.3 is 5.11 Å². The van der Waals surface area contributed by atoms with E-state index in [0.717, 1.165) is 36.5 Å². The lowest BCUT2D eigenvalue weighted by Crippen LogP contribution is -2.50. The summed E-state index contributed by atoms with van der Waals surface area (Å²) in [7, 11) is 0. The molecule has 3 saturated carbocycles. The Balaban J connectivity index is 1.66. The molecule has 4 aliphatic rings. The molecule has 0 aliphatic heterocycles. The van der Waals surface area contributed by atoms with Crippen LogP contribution in [0.1, 0.15) is 78.6 Å². The predicted octanol–water partition coefficient (Wildman–Crippen LogP) is 5.34. The molecule has 4 rings (SSSR count). The summed E-state index contributed by atoms with van der Waals surface area (Å²) in [5.41, 5.74) is 2.65. The molecule has 0 unspecified atom stereocenters. The summed E-state index contributed by atoms with van der Waals surface area (Å²) in [5.74, 6) is 3.77. The standard InChI is InChI=1S/C21H34O/c1-4-14-6-8-18-17-7-5-15-13-16(22)9-11-21(15,3)19(17)10-12-20(14,18)2/h5,14,16-19,22H,4,6-13H2,1-3H3/t14-,16-,17-,18-,19-,20-,21-/m1/s1. The Morgan fingerprint density at radius 2 is 1.91 bits per heavy atom. The third-order valence-corrected chi connectivity index (χ3v) is 8.77. The maximum atomic E-state index is 10.1. The molecule has 1 nitrogen and oxygen atoms in total. The smallest absolute Gasteiger partial charge is 0.0577 e. The quantitative estimate of drug-likeness (QED) is 0.648. The normalized spacial score (nSPS) is 54.2. The van der Waals surface area contributed by atoms with Gasteiger partial charge in [0.25, 0.3) is 0 Å². The van der Waals surface area contributed by atoms with Crippen molar-refractivity contribution in [3.05, 3.63) is 11.6 Å². The minimum Gasteiger partial charge on any atom is -0.393 e. The molecule has 1 heteroatoms. The number of aliphatic hydroxyl groups is 1. The highest BCUT2D eigenvalue weighted by Gasteiger charge is 2.57. The maximum Gasteiger partial charge on any atom is 0.0577 e. The van der Waals surface area contributed by atoms with Crippen molar-refractivity contribution in [2.75, 3.05) is 0 Å². The van der Waals surface area contributed by atoms with Crippen LogP contribution in [0.2, 0.25) is 0 Å². The molecule has 0 aromatic rings. The van der Waals surface area contributed by atoms with Gasteiger partial charge in [-0.3, -0.25) is 0 Å². The van der Waals surface area contributed by atoms with Crippen LogP contribution in [0.5, 0.6) is 0 Å². The highest BCUT2D eigenvalue weighted by Crippen LogP contribution is 2.66. The lowest BCUT2D eigenvalue weighted by atomic mass is 9.47. The fourth-order valence-corrected chi connectivity index (χ4v) is 7.42. The van der Waals surface area contributed by atoms with Gasteiger partial charge >= 0.3 is 0 Å². The van der Waals surface area contributed by atoms with E-state index >= 15 is 0 Å². The van der Waals surface area contributed by atoms with E-state index in [1.807, 2.05) is 0 Å². The summed E-state index contributed by atoms with van der Waals surface area (Å²) in [6.45, 7) is 7.57. The maximum absolute atomic E-state index is 10.1. The van der Waals surface area contributed by atoms with Gasteiger partial charge in [0.2, 0.25) is 0 Å². The minimum atomic E-state index is -0.0688. The van der Waals surface area contributed by atoms with Crippen molar-refractivity contribution in [3.63, 3.8) is 0 Å². The third kappa shape index (κ3) is 1.93. The summed E-state index contributed by atoms with van der Waals surface area (Å²) in [6, 6.07) is 0. The molecule has 0 spiro atoms. The van der Waals surface area contributed by atoms with Crippen LogP contribution in [0.4, 0.5) is 0 Å². The fourth-order valence-electron chi connectivity index (χ4n) is 7.42. The number of hydrogen-bond acceptors (Lipinski definition) is 1. The molecule has 0 amide bonds. The number of fused-ring (bicyclic) bond motifs is 5. The van der Waals surface area contributed by atoms with Crippen molar-refractivity contribution in [2.24, 2.45) is 34.5 Å². The first-order valence-corrected chi connectivity index (χ1v) is 9.86. The molecule has 4 aliphatic carbocycles. The number of allylic oxidation sites excluding steroid dienone is 1. The second-order valence-electron chi connectivity index (χ2n) is 9.38. The van der Waals surface area contributed by atoms with E-state index in [9.17, 15) is 5.11 Å². The van der Waals surface area contributed by atoms with Gasteiger partial charge in [0.1, 0.15) is 0 Å². The van der Waals surface area contributed by atoms with Gasteiger partial charge in [-0.1, -0.05) is 38.8 Å². The SMILES string of the molecule is CC[C@@H]1CC[C@@H]2[C@H]3CC=C4C[C@H](O)CC[C@@]4(C)[C@@H]3CC[C@]12C. The first-order valence-electron chi connectivity index (χ1n) is 9.86. The van der Waals surface area contributed by atoms with Crippen molar-refractivity contribution < 1.29 is 5.11 Å². The van der Waals surface area contributed by atoms with Crippen LogP contribution in [0.25, 0.3) is 0 Å². The van der Waals surface area contributed by atoms with Crippen molar-refractivity contribution in [1.82, 2.24) is 0 Å². The summed E-state index contributed by atoms with van der Waals surface area (Å²) < 4.78 is 0. The van der Waals surface area contributed by atoms with E-state index in [0.29, 0.717) is 10.8 Å². The van der Waals surface area contributed by atoms with Crippen LogP contribution < -0.4 is 0 Å². The molecule has 22 heavy (non-hydrogen) atoms. The lowest BCUT2D eigenvalue weighted by Gasteiger charge is -2.58. The number of rotatable bonds is 1. The highest BCUT2D eigenvalue weighted by molar-refractivity contribution is 5.25. The summed E-state index contributed by atoms with van der Waals surface area (Å²) in [4.78, 5) is 0. The third-order valence-electron chi connectivity index (χ3n) is 8.77. The van der Waals surface area contributed by atoms with E-state index in [2.05, 4.69) is 26.8 Å².